The fourth-order valence-electron chi connectivity index (χ4n) is 3.61. The van der Waals surface area contributed by atoms with E-state index in [1.54, 1.807) is 24.3 Å². The van der Waals surface area contributed by atoms with Gasteiger partial charge in [-0.15, -0.1) is 0 Å². The van der Waals surface area contributed by atoms with Gasteiger partial charge in [0.05, 0.1) is 5.69 Å². The van der Waals surface area contributed by atoms with Gasteiger partial charge >= 0.3 is 0 Å². The zero-order chi connectivity index (χ0) is 19.7. The number of likely N-dealkylation sites (tertiary alicyclic amines) is 1. The third-order valence-electron chi connectivity index (χ3n) is 5.02. The Balaban J connectivity index is 1.46. The normalized spacial score (nSPS) is 14.0. The van der Waals surface area contributed by atoms with Gasteiger partial charge in [-0.2, -0.15) is 0 Å². The lowest BCUT2D eigenvalue weighted by atomic mass is 9.91. The van der Waals surface area contributed by atoms with Crippen LogP contribution < -0.4 is 11.1 Å². The number of nitrogens with one attached hydrogen (secondary N) is 1. The minimum absolute atomic E-state index is 0.0614. The lowest BCUT2D eigenvalue weighted by Crippen LogP contribution is -2.50. The summed E-state index contributed by atoms with van der Waals surface area (Å²) in [4.78, 5) is 38.1. The van der Waals surface area contributed by atoms with E-state index in [-0.39, 0.29) is 17.0 Å². The van der Waals surface area contributed by atoms with Crippen LogP contribution in [0.25, 0.3) is 5.69 Å². The van der Waals surface area contributed by atoms with E-state index < -0.39 is 0 Å². The Labute approximate surface area is 162 Å². The number of nitrogens with zero attached hydrogens (tertiary/aromatic N) is 2. The summed E-state index contributed by atoms with van der Waals surface area (Å²) in [6.45, 7) is 3.52. The maximum atomic E-state index is 12.8. The van der Waals surface area contributed by atoms with Gasteiger partial charge in [-0.3, -0.25) is 19.5 Å². The van der Waals surface area contributed by atoms with Crippen LogP contribution in [0.1, 0.15) is 21.5 Å². The zero-order valence-electron chi connectivity index (χ0n) is 15.6. The summed E-state index contributed by atoms with van der Waals surface area (Å²) in [6.07, 6.45) is 0.964. The second kappa shape index (κ2) is 7.31. The molecule has 0 saturated carbocycles. The standard InChI is InChI=1S/C22H21N3O3/c1-15-4-2-5-16(10-15)11-17-13-24(14-17)22(28)18-6-3-7-19(12-18)25-21(27)9-8-20(26)23-25/h2-10,12,17H,11,13-14H2,1H3,(H,23,26). The minimum Gasteiger partial charge on any atom is -0.338 e. The van der Waals surface area contributed by atoms with Crippen LogP contribution >= 0.6 is 0 Å². The number of hydrogen-bond acceptors (Lipinski definition) is 3. The summed E-state index contributed by atoms with van der Waals surface area (Å²) >= 11 is 0. The van der Waals surface area contributed by atoms with E-state index in [0.717, 1.165) is 24.2 Å². The summed E-state index contributed by atoms with van der Waals surface area (Å²) < 4.78 is 1.15. The molecule has 0 spiro atoms. The van der Waals surface area contributed by atoms with Gasteiger partial charge in [-0.1, -0.05) is 35.9 Å². The van der Waals surface area contributed by atoms with Crippen molar-refractivity contribution in [3.8, 4) is 5.69 Å². The van der Waals surface area contributed by atoms with Crippen LogP contribution in [0.4, 0.5) is 0 Å². The molecule has 0 unspecified atom stereocenters. The van der Waals surface area contributed by atoms with Crippen LogP contribution in [-0.4, -0.2) is 33.7 Å². The van der Waals surface area contributed by atoms with Gasteiger partial charge in [-0.05, 0) is 43.0 Å². The first-order chi connectivity index (χ1) is 13.5. The fourth-order valence-corrected chi connectivity index (χ4v) is 3.61. The molecule has 0 atom stereocenters. The highest BCUT2D eigenvalue weighted by atomic mass is 16.2. The molecule has 3 aromatic rings. The number of aromatic amines is 1. The second-order valence-electron chi connectivity index (χ2n) is 7.30. The predicted octanol–water partition coefficient (Wildman–Crippen LogP) is 2.15. The maximum absolute atomic E-state index is 12.8. The van der Waals surface area contributed by atoms with E-state index in [1.165, 1.54) is 23.3 Å². The molecule has 1 N–H and O–H groups in total. The molecule has 6 nitrogen and oxygen atoms in total. The molecule has 4 rings (SSSR count). The van der Waals surface area contributed by atoms with Crippen LogP contribution in [0.3, 0.4) is 0 Å². The van der Waals surface area contributed by atoms with Gasteiger partial charge in [0.15, 0.2) is 0 Å². The number of aryl methyl sites for hydroxylation is 1. The van der Waals surface area contributed by atoms with E-state index >= 15 is 0 Å². The quantitative estimate of drug-likeness (QED) is 0.759. The van der Waals surface area contributed by atoms with Crippen molar-refractivity contribution in [2.24, 2.45) is 5.92 Å². The molecule has 0 bridgehead atoms. The molecule has 6 heteroatoms. The second-order valence-corrected chi connectivity index (χ2v) is 7.30. The topological polar surface area (TPSA) is 75.2 Å². The fraction of sp³-hybridized carbons (Fsp3) is 0.227. The Kier molecular flexibility index (Phi) is 4.69. The third-order valence-corrected chi connectivity index (χ3v) is 5.02. The highest BCUT2D eigenvalue weighted by molar-refractivity contribution is 5.95. The van der Waals surface area contributed by atoms with E-state index in [9.17, 15) is 14.4 Å². The molecule has 1 amide bonds. The molecule has 0 radical (unpaired) electrons. The highest BCUT2D eigenvalue weighted by Gasteiger charge is 2.31. The number of carbonyl (C=O) groups excluding carboxylic acids is 1. The van der Waals surface area contributed by atoms with Gasteiger partial charge in [0.25, 0.3) is 17.0 Å². The molecule has 1 aliphatic heterocycles. The van der Waals surface area contributed by atoms with Crippen molar-refractivity contribution in [3.05, 3.63) is 98.1 Å². The monoisotopic (exact) mass is 375 g/mol. The molecular formula is C22H21N3O3. The predicted molar refractivity (Wildman–Crippen MR) is 107 cm³/mol. The zero-order valence-corrected chi connectivity index (χ0v) is 15.6. The Morgan fingerprint density at radius 2 is 1.82 bits per heavy atom. The van der Waals surface area contributed by atoms with E-state index in [4.69, 9.17) is 0 Å². The lowest BCUT2D eigenvalue weighted by molar-refractivity contribution is 0.0501. The van der Waals surface area contributed by atoms with E-state index in [2.05, 4.69) is 36.3 Å². The molecule has 2 aromatic carbocycles. The lowest BCUT2D eigenvalue weighted by Gasteiger charge is -2.39. The van der Waals surface area contributed by atoms with Gasteiger partial charge in [0.2, 0.25) is 0 Å². The molecular weight excluding hydrogens is 354 g/mol. The average molecular weight is 375 g/mol. The van der Waals surface area contributed by atoms with Crippen molar-refractivity contribution in [2.45, 2.75) is 13.3 Å². The van der Waals surface area contributed by atoms with Crippen LogP contribution in [0.2, 0.25) is 0 Å². The average Bonchev–Trinajstić information content (AvgIpc) is 2.66. The number of amides is 1. The summed E-state index contributed by atoms with van der Waals surface area (Å²) in [6, 6.07) is 17.6. The van der Waals surface area contributed by atoms with Crippen molar-refractivity contribution in [2.75, 3.05) is 13.1 Å². The summed E-state index contributed by atoms with van der Waals surface area (Å²) in [7, 11) is 0. The molecule has 1 saturated heterocycles. The molecule has 28 heavy (non-hydrogen) atoms. The Morgan fingerprint density at radius 1 is 1.04 bits per heavy atom. The number of aromatic nitrogens is 2. The summed E-state index contributed by atoms with van der Waals surface area (Å²) in [5.74, 6) is 0.399. The molecule has 1 fully saturated rings. The Morgan fingerprint density at radius 3 is 2.61 bits per heavy atom. The largest absolute Gasteiger partial charge is 0.338 e. The minimum atomic E-state index is -0.377. The number of rotatable bonds is 4. The van der Waals surface area contributed by atoms with Crippen molar-refractivity contribution in [3.63, 3.8) is 0 Å². The SMILES string of the molecule is Cc1cccc(CC2CN(C(=O)c3cccc(-n4[nH]c(=O)ccc4=O)c3)C2)c1. The van der Waals surface area contributed by atoms with Crippen molar-refractivity contribution < 1.29 is 4.79 Å². The van der Waals surface area contributed by atoms with E-state index in [0.29, 0.717) is 17.2 Å². The summed E-state index contributed by atoms with van der Waals surface area (Å²) in [5.41, 5.74) is 2.78. The first-order valence-electron chi connectivity index (χ1n) is 9.27. The van der Waals surface area contributed by atoms with Crippen molar-refractivity contribution >= 4 is 5.91 Å². The van der Waals surface area contributed by atoms with Crippen molar-refractivity contribution in [1.82, 2.24) is 14.7 Å². The molecule has 1 aliphatic rings. The molecule has 2 heterocycles. The number of hydrogen-bond donors (Lipinski definition) is 1. The first-order valence-corrected chi connectivity index (χ1v) is 9.27. The van der Waals surface area contributed by atoms with Gasteiger partial charge in [0, 0.05) is 30.8 Å². The van der Waals surface area contributed by atoms with E-state index in [1.807, 2.05) is 4.90 Å². The Hall–Kier alpha value is -3.41. The van der Waals surface area contributed by atoms with Crippen LogP contribution in [0, 0.1) is 12.8 Å². The maximum Gasteiger partial charge on any atom is 0.269 e. The highest BCUT2D eigenvalue weighted by Crippen LogP contribution is 2.23. The number of carbonyl (C=O) groups is 1. The first kappa shape index (κ1) is 18.0. The van der Waals surface area contributed by atoms with Crippen LogP contribution in [0.5, 0.6) is 0 Å². The van der Waals surface area contributed by atoms with Crippen LogP contribution in [0.15, 0.2) is 70.3 Å². The number of H-pyrrole nitrogens is 1. The number of benzene rings is 2. The molecule has 142 valence electrons. The smallest absolute Gasteiger partial charge is 0.269 e. The van der Waals surface area contributed by atoms with Crippen LogP contribution in [-0.2, 0) is 6.42 Å². The third kappa shape index (κ3) is 3.67. The van der Waals surface area contributed by atoms with Crippen molar-refractivity contribution in [1.29, 1.82) is 0 Å². The van der Waals surface area contributed by atoms with Gasteiger partial charge in [-0.25, -0.2) is 4.68 Å². The van der Waals surface area contributed by atoms with Gasteiger partial charge < -0.3 is 4.90 Å². The molecule has 0 aliphatic carbocycles. The Bertz CT molecular complexity index is 1140. The van der Waals surface area contributed by atoms with Gasteiger partial charge in [0.1, 0.15) is 0 Å². The molecule has 1 aromatic heterocycles. The summed E-state index contributed by atoms with van der Waals surface area (Å²) in [5, 5.41) is 2.48.